The lowest BCUT2D eigenvalue weighted by molar-refractivity contribution is -0.469. The van der Waals surface area contributed by atoms with Crippen LogP contribution >= 0.6 is 11.6 Å². The summed E-state index contributed by atoms with van der Waals surface area (Å²) in [4.78, 5) is 30.1. The zero-order chi connectivity index (χ0) is 21.6. The number of aryl methyl sites for hydroxylation is 2. The molecule has 2 heterocycles. The summed E-state index contributed by atoms with van der Waals surface area (Å²) in [6.07, 6.45) is 0. The minimum absolute atomic E-state index is 0.110. The molecule has 1 amide bonds. The zero-order valence-electron chi connectivity index (χ0n) is 17.2. The molecule has 1 aromatic heterocycles. The first-order valence-corrected chi connectivity index (χ1v) is 10.2. The molecule has 7 nitrogen and oxygen atoms in total. The van der Waals surface area contributed by atoms with E-state index in [1.54, 1.807) is 17.0 Å². The van der Waals surface area contributed by atoms with Gasteiger partial charge in [-0.15, -0.1) is 0 Å². The van der Waals surface area contributed by atoms with Crippen molar-refractivity contribution >= 4 is 34.2 Å². The van der Waals surface area contributed by atoms with Gasteiger partial charge >= 0.3 is 11.6 Å². The smallest absolute Gasteiger partial charge is 0.346 e. The third kappa shape index (κ3) is 3.39. The van der Waals surface area contributed by atoms with E-state index < -0.39 is 5.91 Å². The summed E-state index contributed by atoms with van der Waals surface area (Å²) in [5.41, 5.74) is 3.34. The van der Waals surface area contributed by atoms with Crippen molar-refractivity contribution < 1.29 is 9.22 Å². The van der Waals surface area contributed by atoms with Crippen molar-refractivity contribution in [2.75, 3.05) is 31.1 Å². The van der Waals surface area contributed by atoms with Gasteiger partial charge in [0.1, 0.15) is 5.52 Å². The highest BCUT2D eigenvalue weighted by molar-refractivity contribution is 6.30. The molecular weight excluding hydrogens is 404 g/mol. The number of hydrogen-bond acceptors (Lipinski definition) is 4. The number of piperazine rings is 1. The first-order valence-electron chi connectivity index (χ1n) is 9.84. The molecular formula is C22H23ClN4O3. The molecule has 1 aliphatic heterocycles. The molecule has 0 atom stereocenters. The Morgan fingerprint density at radius 2 is 1.60 bits per heavy atom. The normalized spacial score (nSPS) is 14.4. The number of amides is 1. The molecule has 30 heavy (non-hydrogen) atoms. The Kier molecular flexibility index (Phi) is 5.15. The Labute approximate surface area is 179 Å². The molecule has 1 aliphatic rings. The van der Waals surface area contributed by atoms with Crippen LogP contribution in [0.2, 0.25) is 5.02 Å². The Morgan fingerprint density at radius 3 is 2.23 bits per heavy atom. The predicted molar refractivity (Wildman–Crippen MR) is 118 cm³/mol. The minimum Gasteiger partial charge on any atom is -0.805 e. The van der Waals surface area contributed by atoms with Gasteiger partial charge in [-0.3, -0.25) is 4.79 Å². The number of carbonyl (C=O) groups excluding carboxylic acids is 1. The van der Waals surface area contributed by atoms with Gasteiger partial charge in [0.2, 0.25) is 0 Å². The molecule has 156 valence electrons. The van der Waals surface area contributed by atoms with Crippen LogP contribution in [0.4, 0.5) is 5.69 Å². The van der Waals surface area contributed by atoms with Crippen molar-refractivity contribution in [3.8, 4) is 0 Å². The van der Waals surface area contributed by atoms with E-state index in [9.17, 15) is 14.9 Å². The molecule has 0 unspecified atom stereocenters. The Bertz CT molecular complexity index is 1200. The third-order valence-electron chi connectivity index (χ3n) is 5.84. The van der Waals surface area contributed by atoms with Gasteiger partial charge in [0.15, 0.2) is 0 Å². The second-order valence-corrected chi connectivity index (χ2v) is 8.14. The largest absolute Gasteiger partial charge is 0.805 e. The molecule has 1 saturated heterocycles. The van der Waals surface area contributed by atoms with Crippen LogP contribution in [0.3, 0.4) is 0 Å². The highest BCUT2D eigenvalue weighted by Crippen LogP contribution is 2.22. The Morgan fingerprint density at radius 1 is 1.00 bits per heavy atom. The molecule has 0 N–H and O–H groups in total. The van der Waals surface area contributed by atoms with Crippen LogP contribution in [0.5, 0.6) is 0 Å². The molecule has 0 aliphatic carbocycles. The van der Waals surface area contributed by atoms with Crippen LogP contribution in [-0.4, -0.2) is 41.7 Å². The van der Waals surface area contributed by atoms with E-state index in [0.717, 1.165) is 16.8 Å². The van der Waals surface area contributed by atoms with Crippen LogP contribution in [-0.2, 0) is 0 Å². The Balaban J connectivity index is 1.63. The van der Waals surface area contributed by atoms with Crippen LogP contribution < -0.4 is 9.33 Å². The summed E-state index contributed by atoms with van der Waals surface area (Å²) in [6.45, 7) is 7.48. The van der Waals surface area contributed by atoms with Gasteiger partial charge in [-0.2, -0.15) is 0 Å². The molecule has 0 saturated carbocycles. The van der Waals surface area contributed by atoms with Crippen LogP contribution in [0.1, 0.15) is 27.3 Å². The number of halogens is 1. The Hall–Kier alpha value is -3.06. The van der Waals surface area contributed by atoms with Gasteiger partial charge in [-0.1, -0.05) is 11.6 Å². The van der Waals surface area contributed by atoms with E-state index >= 15 is 0 Å². The monoisotopic (exact) mass is 426 g/mol. The molecule has 0 spiro atoms. The van der Waals surface area contributed by atoms with E-state index in [2.05, 4.69) is 4.90 Å². The predicted octanol–water partition coefficient (Wildman–Crippen LogP) is 3.44. The first kappa shape index (κ1) is 20.2. The van der Waals surface area contributed by atoms with E-state index in [1.807, 2.05) is 38.1 Å². The lowest BCUT2D eigenvalue weighted by Gasteiger charge is -2.35. The highest BCUT2D eigenvalue weighted by atomic mass is 35.5. The number of rotatable bonds is 2. The summed E-state index contributed by atoms with van der Waals surface area (Å²) in [5, 5.41) is 13.5. The lowest BCUT2D eigenvalue weighted by atomic mass is 10.1. The molecule has 0 bridgehead atoms. The summed E-state index contributed by atoms with van der Waals surface area (Å²) in [7, 11) is 0. The fraction of sp³-hybridized carbons (Fsp3) is 0.318. The van der Waals surface area contributed by atoms with Gasteiger partial charge in [-0.25, -0.2) is 0 Å². The fourth-order valence-electron chi connectivity index (χ4n) is 3.87. The molecule has 3 aromatic rings. The van der Waals surface area contributed by atoms with E-state index in [1.165, 1.54) is 6.92 Å². The highest BCUT2D eigenvalue weighted by Gasteiger charge is 2.33. The number of carbonyl (C=O) groups is 1. The fourth-order valence-corrected chi connectivity index (χ4v) is 3.99. The summed E-state index contributed by atoms with van der Waals surface area (Å²) in [5.74, 6) is -0.414. The quantitative estimate of drug-likeness (QED) is 0.588. The van der Waals surface area contributed by atoms with Crippen LogP contribution in [0.15, 0.2) is 36.4 Å². The maximum Gasteiger partial charge on any atom is 0.346 e. The first-order chi connectivity index (χ1) is 14.3. The average molecular weight is 427 g/mol. The van der Waals surface area contributed by atoms with Crippen molar-refractivity contribution in [3.63, 3.8) is 0 Å². The van der Waals surface area contributed by atoms with Crippen molar-refractivity contribution in [1.82, 2.24) is 9.63 Å². The van der Waals surface area contributed by atoms with Gasteiger partial charge in [-0.05, 0) is 62.2 Å². The molecule has 1 fully saturated rings. The van der Waals surface area contributed by atoms with E-state index in [0.29, 0.717) is 40.4 Å². The summed E-state index contributed by atoms with van der Waals surface area (Å²) in [6, 6.07) is 10.9. The number of nitrogens with zero attached hydrogens (tertiary/aromatic N) is 4. The number of anilines is 1. The van der Waals surface area contributed by atoms with Crippen molar-refractivity contribution in [1.29, 1.82) is 0 Å². The third-order valence-corrected chi connectivity index (χ3v) is 6.09. The molecule has 4 rings (SSSR count). The zero-order valence-corrected chi connectivity index (χ0v) is 17.9. The second kappa shape index (κ2) is 7.65. The lowest BCUT2D eigenvalue weighted by Crippen LogP contribution is -2.50. The van der Waals surface area contributed by atoms with Crippen LogP contribution in [0, 0.1) is 30.9 Å². The summed E-state index contributed by atoms with van der Waals surface area (Å²) >= 11 is 5.95. The average Bonchev–Trinajstić information content (AvgIpc) is 2.74. The SMILES string of the molecule is Cc1cc2c(cc1C)[n+](=O)c(C(=O)N1CCN(c3ccc(Cl)cc3)CC1)c(C)n2[O-]. The van der Waals surface area contributed by atoms with Crippen molar-refractivity contribution in [2.24, 2.45) is 0 Å². The van der Waals surface area contributed by atoms with Crippen molar-refractivity contribution in [2.45, 2.75) is 20.8 Å². The van der Waals surface area contributed by atoms with Gasteiger partial charge in [0.25, 0.3) is 5.52 Å². The van der Waals surface area contributed by atoms with Gasteiger partial charge in [0.05, 0.1) is 10.1 Å². The number of benzene rings is 2. The van der Waals surface area contributed by atoms with E-state index in [-0.39, 0.29) is 22.4 Å². The van der Waals surface area contributed by atoms with E-state index in [4.69, 9.17) is 11.6 Å². The number of fused-ring (bicyclic) bond motifs is 1. The minimum atomic E-state index is -0.414. The standard InChI is InChI=1S/C22H23ClN4O3/c1-14-12-19-20(13-15(14)2)27(30)21(16(3)26(19)29)22(28)25-10-8-24(9-11-25)18-6-4-17(23)5-7-18/h4-7,12-13H,8-11H2,1-3H3. The van der Waals surface area contributed by atoms with Crippen LogP contribution in [0.25, 0.3) is 11.0 Å². The number of hydrogen-bond donors (Lipinski definition) is 0. The van der Waals surface area contributed by atoms with Gasteiger partial charge in [0, 0.05) is 47.9 Å². The number of aromatic nitrogens is 2. The maximum absolute atomic E-state index is 13.2. The topological polar surface area (TPSA) is 74.5 Å². The maximum atomic E-state index is 13.2. The second-order valence-electron chi connectivity index (χ2n) is 7.70. The molecule has 2 aromatic carbocycles. The molecule has 8 heteroatoms. The summed E-state index contributed by atoms with van der Waals surface area (Å²) < 4.78 is 1.30. The van der Waals surface area contributed by atoms with Gasteiger partial charge < -0.3 is 19.7 Å². The molecule has 0 radical (unpaired) electrons. The van der Waals surface area contributed by atoms with Crippen molar-refractivity contribution in [3.05, 3.63) is 74.0 Å².